The first kappa shape index (κ1) is 36.1. The molecule has 2 atom stereocenters. The van der Waals surface area contributed by atoms with Gasteiger partial charge in [-0.25, -0.2) is 4.79 Å². The molecule has 0 aromatic heterocycles. The number of unbranched alkanes of at least 4 members (excludes halogenated alkanes) is 5. The van der Waals surface area contributed by atoms with E-state index < -0.39 is 23.8 Å². The molecule has 0 aliphatic carbocycles. The number of carbonyl (C=O) groups is 3. The second-order valence-corrected chi connectivity index (χ2v) is 13.2. The zero-order valence-electron chi connectivity index (χ0n) is 27.6. The highest BCUT2D eigenvalue weighted by molar-refractivity contribution is 6.34. The zero-order valence-corrected chi connectivity index (χ0v) is 28.4. The van der Waals surface area contributed by atoms with E-state index in [4.69, 9.17) is 16.3 Å². The molecule has 2 aromatic carbocycles. The van der Waals surface area contributed by atoms with Crippen LogP contribution in [0.3, 0.4) is 0 Å². The fourth-order valence-corrected chi connectivity index (χ4v) is 5.49. The average molecular weight is 614 g/mol. The van der Waals surface area contributed by atoms with Crippen LogP contribution < -0.4 is 10.6 Å². The summed E-state index contributed by atoms with van der Waals surface area (Å²) >= 11 is 6.52. The number of carbonyl (C=O) groups excluding carboxylic acids is 3. The van der Waals surface area contributed by atoms with Gasteiger partial charge in [0.1, 0.15) is 17.7 Å². The van der Waals surface area contributed by atoms with Gasteiger partial charge in [-0.05, 0) is 82.2 Å². The number of rotatable bonds is 14. The lowest BCUT2D eigenvalue weighted by Crippen LogP contribution is -2.54. The van der Waals surface area contributed by atoms with Crippen LogP contribution in [0.4, 0.5) is 10.5 Å². The number of nitrogens with one attached hydrogen (secondary N) is 2. The number of benzene rings is 2. The summed E-state index contributed by atoms with van der Waals surface area (Å²) in [5.74, 6) is -0.930. The van der Waals surface area contributed by atoms with Crippen LogP contribution in [0.5, 0.6) is 0 Å². The Morgan fingerprint density at radius 2 is 1.44 bits per heavy atom. The second-order valence-electron chi connectivity index (χ2n) is 12.8. The maximum atomic E-state index is 14.5. The highest BCUT2D eigenvalue weighted by Gasteiger charge is 2.38. The molecule has 0 heterocycles. The van der Waals surface area contributed by atoms with E-state index in [9.17, 15) is 14.4 Å². The Morgan fingerprint density at radius 3 is 2.00 bits per heavy atom. The van der Waals surface area contributed by atoms with E-state index in [-0.39, 0.29) is 17.7 Å². The van der Waals surface area contributed by atoms with Crippen molar-refractivity contribution in [3.8, 4) is 0 Å². The molecule has 0 aliphatic heterocycles. The first-order valence-electron chi connectivity index (χ1n) is 15.6. The molecule has 8 heteroatoms. The van der Waals surface area contributed by atoms with Gasteiger partial charge in [0, 0.05) is 6.54 Å². The van der Waals surface area contributed by atoms with Gasteiger partial charge in [-0.15, -0.1) is 0 Å². The van der Waals surface area contributed by atoms with Crippen molar-refractivity contribution >= 4 is 35.2 Å². The molecule has 0 fully saturated rings. The van der Waals surface area contributed by atoms with E-state index in [2.05, 4.69) is 17.6 Å². The number of amides is 3. The van der Waals surface area contributed by atoms with Gasteiger partial charge in [-0.1, -0.05) is 94.8 Å². The number of hydrogen-bond donors (Lipinski definition) is 2. The molecule has 0 radical (unpaired) electrons. The van der Waals surface area contributed by atoms with Crippen LogP contribution in [0, 0.1) is 26.7 Å². The first-order chi connectivity index (χ1) is 20.2. The maximum absolute atomic E-state index is 14.5. The quantitative estimate of drug-likeness (QED) is 0.209. The molecule has 2 unspecified atom stereocenters. The number of halogens is 1. The van der Waals surface area contributed by atoms with Crippen molar-refractivity contribution in [2.24, 2.45) is 5.92 Å². The van der Waals surface area contributed by atoms with E-state index in [0.717, 1.165) is 54.4 Å². The minimum atomic E-state index is -0.943. The summed E-state index contributed by atoms with van der Waals surface area (Å²) in [6, 6.07) is 9.47. The second kappa shape index (κ2) is 16.7. The molecule has 43 heavy (non-hydrogen) atoms. The summed E-state index contributed by atoms with van der Waals surface area (Å²) in [5, 5.41) is 6.28. The number of hydrogen-bond acceptors (Lipinski definition) is 4. The van der Waals surface area contributed by atoms with Crippen LogP contribution in [0.2, 0.25) is 5.02 Å². The summed E-state index contributed by atoms with van der Waals surface area (Å²) < 4.78 is 5.51. The van der Waals surface area contributed by atoms with Crippen LogP contribution >= 0.6 is 11.6 Å². The van der Waals surface area contributed by atoms with Gasteiger partial charge in [-0.3, -0.25) is 9.59 Å². The third-order valence-corrected chi connectivity index (χ3v) is 7.80. The highest BCUT2D eigenvalue weighted by atomic mass is 35.5. The van der Waals surface area contributed by atoms with Crippen molar-refractivity contribution in [2.75, 3.05) is 11.9 Å². The fourth-order valence-electron chi connectivity index (χ4n) is 5.22. The lowest BCUT2D eigenvalue weighted by Gasteiger charge is -2.37. The highest BCUT2D eigenvalue weighted by Crippen LogP contribution is 2.33. The van der Waals surface area contributed by atoms with E-state index in [1.807, 2.05) is 65.0 Å². The standard InChI is InChI=1S/C35H52ClN3O4/c1-10-11-12-13-14-15-22-39(33(41)29(23(2)3)38-34(42)43-35(7,8)9)31(28-24(4)18-16-19-25(28)5)32(40)37-30-26(6)20-17-21-27(30)36/h16-21,23,29,31H,10-15,22H2,1-9H3,(H,37,40)(H,38,42). The Kier molecular flexibility index (Phi) is 14.0. The Labute approximate surface area is 264 Å². The third-order valence-electron chi connectivity index (χ3n) is 7.49. The molecule has 238 valence electrons. The molecule has 2 aromatic rings. The molecule has 7 nitrogen and oxygen atoms in total. The molecule has 0 aliphatic rings. The predicted molar refractivity (Wildman–Crippen MR) is 177 cm³/mol. The van der Waals surface area contributed by atoms with Crippen LogP contribution in [0.25, 0.3) is 0 Å². The lowest BCUT2D eigenvalue weighted by molar-refractivity contribution is -0.141. The Morgan fingerprint density at radius 1 is 0.884 bits per heavy atom. The van der Waals surface area contributed by atoms with E-state index >= 15 is 0 Å². The Balaban J connectivity index is 2.61. The molecule has 0 spiro atoms. The van der Waals surface area contributed by atoms with Crippen LogP contribution in [-0.2, 0) is 14.3 Å². The minimum absolute atomic E-state index is 0.250. The van der Waals surface area contributed by atoms with Crippen molar-refractivity contribution in [1.82, 2.24) is 10.2 Å². The van der Waals surface area contributed by atoms with Gasteiger partial charge in [0.2, 0.25) is 5.91 Å². The van der Waals surface area contributed by atoms with Crippen LogP contribution in [-0.4, -0.2) is 41.0 Å². The molecule has 2 N–H and O–H groups in total. The number of alkyl carbamates (subject to hydrolysis) is 1. The van der Waals surface area contributed by atoms with Crippen LogP contribution in [0.15, 0.2) is 36.4 Å². The van der Waals surface area contributed by atoms with E-state index in [1.165, 1.54) is 6.42 Å². The van der Waals surface area contributed by atoms with Gasteiger partial charge in [0.05, 0.1) is 10.7 Å². The molecule has 2 rings (SSSR count). The molecular weight excluding hydrogens is 562 g/mol. The normalized spacial score (nSPS) is 12.9. The summed E-state index contributed by atoms with van der Waals surface area (Å²) in [6.45, 7) is 17.4. The number of aryl methyl sites for hydroxylation is 3. The topological polar surface area (TPSA) is 87.7 Å². The van der Waals surface area contributed by atoms with Gasteiger partial charge < -0.3 is 20.3 Å². The number of para-hydroxylation sites is 1. The summed E-state index contributed by atoms with van der Waals surface area (Å²) in [4.78, 5) is 43.4. The number of ether oxygens (including phenoxy) is 1. The maximum Gasteiger partial charge on any atom is 0.408 e. The average Bonchev–Trinajstić information content (AvgIpc) is 2.90. The summed E-state index contributed by atoms with van der Waals surface area (Å²) in [5.41, 5.74) is 3.19. The minimum Gasteiger partial charge on any atom is -0.444 e. The summed E-state index contributed by atoms with van der Waals surface area (Å²) in [7, 11) is 0. The van der Waals surface area contributed by atoms with Crippen molar-refractivity contribution in [3.63, 3.8) is 0 Å². The van der Waals surface area contributed by atoms with Gasteiger partial charge in [-0.2, -0.15) is 0 Å². The Hall–Kier alpha value is -3.06. The smallest absolute Gasteiger partial charge is 0.408 e. The summed E-state index contributed by atoms with van der Waals surface area (Å²) in [6.07, 6.45) is 5.49. The number of anilines is 1. The van der Waals surface area contributed by atoms with Crippen molar-refractivity contribution in [1.29, 1.82) is 0 Å². The molecular formula is C35H52ClN3O4. The predicted octanol–water partition coefficient (Wildman–Crippen LogP) is 8.68. The van der Waals surface area contributed by atoms with E-state index in [0.29, 0.717) is 17.3 Å². The molecule has 0 bridgehead atoms. The van der Waals surface area contributed by atoms with E-state index in [1.54, 1.807) is 31.7 Å². The van der Waals surface area contributed by atoms with Crippen molar-refractivity contribution in [2.45, 2.75) is 119 Å². The van der Waals surface area contributed by atoms with Crippen molar-refractivity contribution in [3.05, 3.63) is 63.7 Å². The largest absolute Gasteiger partial charge is 0.444 e. The third kappa shape index (κ3) is 10.9. The monoisotopic (exact) mass is 613 g/mol. The van der Waals surface area contributed by atoms with Crippen LogP contribution in [0.1, 0.15) is 108 Å². The number of nitrogens with zero attached hydrogens (tertiary/aromatic N) is 1. The first-order valence-corrected chi connectivity index (χ1v) is 16.0. The van der Waals surface area contributed by atoms with Gasteiger partial charge >= 0.3 is 6.09 Å². The Bertz CT molecular complexity index is 1200. The van der Waals surface area contributed by atoms with Gasteiger partial charge in [0.25, 0.3) is 5.91 Å². The molecule has 0 saturated carbocycles. The molecule has 3 amide bonds. The molecule has 0 saturated heterocycles. The van der Waals surface area contributed by atoms with Gasteiger partial charge in [0.15, 0.2) is 0 Å². The van der Waals surface area contributed by atoms with Crippen molar-refractivity contribution < 1.29 is 19.1 Å². The SMILES string of the molecule is CCCCCCCCN(C(=O)C(NC(=O)OC(C)(C)C)C(C)C)C(C(=O)Nc1c(C)cccc1Cl)c1c(C)cccc1C. The lowest BCUT2D eigenvalue weighted by atomic mass is 9.92. The fraction of sp³-hybridized carbons (Fsp3) is 0.571. The zero-order chi connectivity index (χ0) is 32.3.